The Kier molecular flexibility index (Phi) is 3.24. The second kappa shape index (κ2) is 4.69. The first-order valence-electron chi connectivity index (χ1n) is 5.56. The summed E-state index contributed by atoms with van der Waals surface area (Å²) in [6.45, 7) is 3.35. The third-order valence-electron chi connectivity index (χ3n) is 2.80. The van der Waals surface area contributed by atoms with Crippen LogP contribution in [-0.2, 0) is 0 Å². The van der Waals surface area contributed by atoms with Gasteiger partial charge in [-0.15, -0.1) is 0 Å². The molecule has 0 spiro atoms. The lowest BCUT2D eigenvalue weighted by Gasteiger charge is -2.05. The third kappa shape index (κ3) is 2.30. The quantitative estimate of drug-likeness (QED) is 0.736. The molecule has 92 valence electrons. The molecule has 0 radical (unpaired) electrons. The minimum Gasteiger partial charge on any atom is -0.288 e. The van der Waals surface area contributed by atoms with Crippen LogP contribution in [0.15, 0.2) is 36.4 Å². The number of carbonyl (C=O) groups excluding carboxylic acids is 1. The lowest BCUT2D eigenvalue weighted by atomic mass is 10.0. The van der Waals surface area contributed by atoms with E-state index in [0.29, 0.717) is 5.56 Å². The van der Waals surface area contributed by atoms with Crippen molar-refractivity contribution in [2.24, 2.45) is 0 Å². The summed E-state index contributed by atoms with van der Waals surface area (Å²) in [4.78, 5) is 12.0. The van der Waals surface area contributed by atoms with Gasteiger partial charge in [-0.25, -0.2) is 8.78 Å². The predicted octanol–water partition coefficient (Wildman–Crippen LogP) is 3.81. The number of hydrogen-bond donors (Lipinski definition) is 0. The Balaban J connectivity index is 2.44. The highest BCUT2D eigenvalue weighted by atomic mass is 19.1. The molecule has 0 aliphatic carbocycles. The molecule has 0 aliphatic heterocycles. The molecule has 1 nitrogen and oxygen atoms in total. The second-order valence-electron chi connectivity index (χ2n) is 4.28. The Morgan fingerprint density at radius 1 is 0.944 bits per heavy atom. The average molecular weight is 246 g/mol. The molecule has 2 rings (SSSR count). The van der Waals surface area contributed by atoms with Crippen molar-refractivity contribution in [3.8, 4) is 0 Å². The number of benzene rings is 2. The summed E-state index contributed by atoms with van der Waals surface area (Å²) in [5.41, 5.74) is 1.31. The molecule has 3 heteroatoms. The van der Waals surface area contributed by atoms with E-state index in [0.717, 1.165) is 11.6 Å². The molecule has 18 heavy (non-hydrogen) atoms. The fourth-order valence-electron chi connectivity index (χ4n) is 1.69. The molecule has 0 saturated carbocycles. The van der Waals surface area contributed by atoms with E-state index >= 15 is 0 Å². The van der Waals surface area contributed by atoms with Crippen molar-refractivity contribution < 1.29 is 13.6 Å². The van der Waals surface area contributed by atoms with Gasteiger partial charge in [0.15, 0.2) is 5.78 Å². The van der Waals surface area contributed by atoms with Crippen LogP contribution in [-0.4, -0.2) is 5.78 Å². The largest absolute Gasteiger partial charge is 0.288 e. The smallest absolute Gasteiger partial charge is 0.196 e. The lowest BCUT2D eigenvalue weighted by Crippen LogP contribution is -2.05. The van der Waals surface area contributed by atoms with Crippen molar-refractivity contribution in [3.05, 3.63) is 70.3 Å². The van der Waals surface area contributed by atoms with Crippen LogP contribution in [0.4, 0.5) is 8.78 Å². The topological polar surface area (TPSA) is 17.1 Å². The second-order valence-corrected chi connectivity index (χ2v) is 4.28. The SMILES string of the molecule is Cc1ccc(C(=O)c2ccc(C)c(F)c2)c(F)c1. The summed E-state index contributed by atoms with van der Waals surface area (Å²) in [5, 5.41) is 0. The van der Waals surface area contributed by atoms with Crippen LogP contribution >= 0.6 is 0 Å². The maximum absolute atomic E-state index is 13.7. The molecular formula is C15H12F2O. The highest BCUT2D eigenvalue weighted by molar-refractivity contribution is 6.09. The van der Waals surface area contributed by atoms with E-state index in [2.05, 4.69) is 0 Å². The summed E-state index contributed by atoms with van der Waals surface area (Å²) in [6, 6.07) is 8.51. The first-order valence-corrected chi connectivity index (χ1v) is 5.56. The van der Waals surface area contributed by atoms with Crippen LogP contribution in [0.2, 0.25) is 0 Å². The Labute approximate surface area is 104 Å². The number of aryl methyl sites for hydroxylation is 2. The lowest BCUT2D eigenvalue weighted by molar-refractivity contribution is 0.103. The minimum atomic E-state index is -0.582. The van der Waals surface area contributed by atoms with Crippen LogP contribution in [0.1, 0.15) is 27.0 Å². The first kappa shape index (κ1) is 12.4. The van der Waals surface area contributed by atoms with Crippen LogP contribution in [0.3, 0.4) is 0 Å². The fraction of sp³-hybridized carbons (Fsp3) is 0.133. The molecule has 2 aromatic rings. The number of ketones is 1. The normalized spacial score (nSPS) is 10.4. The zero-order chi connectivity index (χ0) is 13.3. The molecule has 0 aromatic heterocycles. The van der Waals surface area contributed by atoms with Gasteiger partial charge in [-0.3, -0.25) is 4.79 Å². The highest BCUT2D eigenvalue weighted by Crippen LogP contribution is 2.17. The minimum absolute atomic E-state index is 0.0381. The molecule has 0 heterocycles. The third-order valence-corrected chi connectivity index (χ3v) is 2.80. The molecule has 2 aromatic carbocycles. The van der Waals surface area contributed by atoms with E-state index < -0.39 is 17.4 Å². The van der Waals surface area contributed by atoms with E-state index in [1.165, 1.54) is 24.3 Å². The summed E-state index contributed by atoms with van der Waals surface area (Å²) >= 11 is 0. The number of halogens is 2. The molecule has 0 unspecified atom stereocenters. The molecule has 0 amide bonds. The van der Waals surface area contributed by atoms with Gasteiger partial charge in [-0.05, 0) is 43.2 Å². The van der Waals surface area contributed by atoms with E-state index in [1.807, 2.05) is 0 Å². The van der Waals surface area contributed by atoms with Crippen molar-refractivity contribution in [3.63, 3.8) is 0 Å². The van der Waals surface area contributed by atoms with Crippen molar-refractivity contribution in [2.45, 2.75) is 13.8 Å². The molecule has 0 N–H and O–H groups in total. The van der Waals surface area contributed by atoms with Gasteiger partial charge in [0.05, 0.1) is 5.56 Å². The molecule has 0 saturated heterocycles. The van der Waals surface area contributed by atoms with Crippen molar-refractivity contribution in [1.82, 2.24) is 0 Å². The molecule has 0 bridgehead atoms. The molecule has 0 fully saturated rings. The summed E-state index contributed by atoms with van der Waals surface area (Å²) in [5.74, 6) is -1.55. The average Bonchev–Trinajstić information content (AvgIpc) is 2.32. The van der Waals surface area contributed by atoms with Crippen molar-refractivity contribution in [2.75, 3.05) is 0 Å². The van der Waals surface area contributed by atoms with E-state index in [-0.39, 0.29) is 11.1 Å². The Bertz CT molecular complexity index is 618. The molecule has 0 aliphatic rings. The van der Waals surface area contributed by atoms with Crippen LogP contribution in [0.25, 0.3) is 0 Å². The van der Waals surface area contributed by atoms with Gasteiger partial charge in [0.2, 0.25) is 0 Å². The maximum Gasteiger partial charge on any atom is 0.196 e. The standard InChI is InChI=1S/C15H12F2O/c1-9-3-6-12(14(17)7-9)15(18)11-5-4-10(2)13(16)8-11/h3-8H,1-2H3. The van der Waals surface area contributed by atoms with Crippen LogP contribution in [0, 0.1) is 25.5 Å². The van der Waals surface area contributed by atoms with Gasteiger partial charge in [-0.2, -0.15) is 0 Å². The maximum atomic E-state index is 13.7. The zero-order valence-electron chi connectivity index (χ0n) is 10.1. The van der Waals surface area contributed by atoms with Gasteiger partial charge in [0.25, 0.3) is 0 Å². The van der Waals surface area contributed by atoms with Gasteiger partial charge in [0, 0.05) is 5.56 Å². The molecular weight excluding hydrogens is 234 g/mol. The zero-order valence-corrected chi connectivity index (χ0v) is 10.1. The van der Waals surface area contributed by atoms with Gasteiger partial charge < -0.3 is 0 Å². The van der Waals surface area contributed by atoms with Gasteiger partial charge >= 0.3 is 0 Å². The summed E-state index contributed by atoms with van der Waals surface area (Å²) in [6.07, 6.45) is 0. The van der Waals surface area contributed by atoms with E-state index in [4.69, 9.17) is 0 Å². The fourth-order valence-corrected chi connectivity index (χ4v) is 1.69. The van der Waals surface area contributed by atoms with Gasteiger partial charge in [0.1, 0.15) is 11.6 Å². The Morgan fingerprint density at radius 2 is 1.67 bits per heavy atom. The Hall–Kier alpha value is -2.03. The van der Waals surface area contributed by atoms with Crippen molar-refractivity contribution >= 4 is 5.78 Å². The summed E-state index contributed by atoms with van der Waals surface area (Å²) < 4.78 is 27.0. The highest BCUT2D eigenvalue weighted by Gasteiger charge is 2.15. The molecule has 0 atom stereocenters. The predicted molar refractivity (Wildman–Crippen MR) is 65.7 cm³/mol. The van der Waals surface area contributed by atoms with Crippen molar-refractivity contribution in [1.29, 1.82) is 0 Å². The first-order chi connectivity index (χ1) is 8.49. The number of carbonyl (C=O) groups is 1. The Morgan fingerprint density at radius 3 is 2.28 bits per heavy atom. The van der Waals surface area contributed by atoms with E-state index in [9.17, 15) is 13.6 Å². The number of hydrogen-bond acceptors (Lipinski definition) is 1. The van der Waals surface area contributed by atoms with Crippen LogP contribution in [0.5, 0.6) is 0 Å². The van der Waals surface area contributed by atoms with E-state index in [1.54, 1.807) is 19.9 Å². The monoisotopic (exact) mass is 246 g/mol. The van der Waals surface area contributed by atoms with Crippen LogP contribution < -0.4 is 0 Å². The summed E-state index contributed by atoms with van der Waals surface area (Å²) in [7, 11) is 0. The number of rotatable bonds is 2. The van der Waals surface area contributed by atoms with Gasteiger partial charge in [-0.1, -0.05) is 18.2 Å².